The number of anilines is 2. The molecule has 0 aromatic heterocycles. The fraction of sp³-hybridized carbons (Fsp3) is 0.348. The lowest BCUT2D eigenvalue weighted by atomic mass is 9.92. The zero-order valence-corrected chi connectivity index (χ0v) is 18.4. The molecule has 2 aromatic carbocycles. The Morgan fingerprint density at radius 1 is 0.966 bits per heavy atom. The van der Waals surface area contributed by atoms with Crippen molar-refractivity contribution < 1.29 is 14.4 Å². The van der Waals surface area contributed by atoms with Crippen molar-refractivity contribution in [3.05, 3.63) is 54.1 Å². The first-order valence-electron chi connectivity index (χ1n) is 9.52. The molecule has 0 spiro atoms. The molecule has 2 rings (SSSR count). The van der Waals surface area contributed by atoms with Gasteiger partial charge in [-0.2, -0.15) is 0 Å². The van der Waals surface area contributed by atoms with Gasteiger partial charge in [0.05, 0.1) is 5.25 Å². The number of benzene rings is 2. The van der Waals surface area contributed by atoms with E-state index in [1.165, 1.54) is 18.7 Å². The fourth-order valence-electron chi connectivity index (χ4n) is 2.62. The number of carbonyl (C=O) groups excluding carboxylic acids is 3. The highest BCUT2D eigenvalue weighted by Crippen LogP contribution is 2.27. The Hall–Kier alpha value is -2.60. The molecule has 0 aliphatic rings. The average Bonchev–Trinajstić information content (AvgIpc) is 2.60. The van der Waals surface area contributed by atoms with Gasteiger partial charge in [-0.05, 0) is 61.7 Å². The summed E-state index contributed by atoms with van der Waals surface area (Å²) < 4.78 is 0. The molecule has 0 saturated carbocycles. The maximum atomic E-state index is 12.5. The Kier molecular flexibility index (Phi) is 7.62. The first-order valence-corrected chi connectivity index (χ1v) is 10.4. The Balaban J connectivity index is 1.95. The maximum absolute atomic E-state index is 12.5. The predicted molar refractivity (Wildman–Crippen MR) is 120 cm³/mol. The van der Waals surface area contributed by atoms with Crippen LogP contribution in [-0.4, -0.2) is 22.8 Å². The van der Waals surface area contributed by atoms with Crippen molar-refractivity contribution in [3.63, 3.8) is 0 Å². The van der Waals surface area contributed by atoms with E-state index in [4.69, 9.17) is 0 Å². The van der Waals surface area contributed by atoms with Gasteiger partial charge in [0.25, 0.3) is 0 Å². The maximum Gasteiger partial charge on any atom is 0.237 e. The summed E-state index contributed by atoms with van der Waals surface area (Å²) in [5, 5.41) is 5.44. The quantitative estimate of drug-likeness (QED) is 0.473. The number of carbonyl (C=O) groups is 3. The SMILES string of the molecule is CC(=O)c1ccc(NC(=O)C(C)Sc2cccc(NC(=O)CC(C)(C)C)c2)cc1. The van der Waals surface area contributed by atoms with Crippen LogP contribution in [0.15, 0.2) is 53.4 Å². The van der Waals surface area contributed by atoms with Gasteiger partial charge in [0.15, 0.2) is 5.78 Å². The molecule has 2 N–H and O–H groups in total. The van der Waals surface area contributed by atoms with E-state index in [1.54, 1.807) is 24.3 Å². The molecule has 154 valence electrons. The van der Waals surface area contributed by atoms with Crippen LogP contribution in [0.25, 0.3) is 0 Å². The van der Waals surface area contributed by atoms with Crippen LogP contribution in [0.1, 0.15) is 51.4 Å². The van der Waals surface area contributed by atoms with E-state index in [-0.39, 0.29) is 28.3 Å². The zero-order valence-electron chi connectivity index (χ0n) is 17.5. The minimum atomic E-state index is -0.331. The molecule has 0 fully saturated rings. The van der Waals surface area contributed by atoms with Crippen LogP contribution in [-0.2, 0) is 9.59 Å². The molecule has 2 aromatic rings. The first-order chi connectivity index (χ1) is 13.5. The Bertz CT molecular complexity index is 886. The predicted octanol–water partition coefficient (Wildman–Crippen LogP) is 5.38. The van der Waals surface area contributed by atoms with E-state index in [2.05, 4.69) is 10.6 Å². The van der Waals surface area contributed by atoms with Gasteiger partial charge in [-0.15, -0.1) is 11.8 Å². The highest BCUT2D eigenvalue weighted by molar-refractivity contribution is 8.00. The molecule has 1 unspecified atom stereocenters. The number of rotatable bonds is 7. The highest BCUT2D eigenvalue weighted by Gasteiger charge is 2.17. The number of thioether (sulfide) groups is 1. The van der Waals surface area contributed by atoms with Crippen LogP contribution in [0.4, 0.5) is 11.4 Å². The summed E-state index contributed by atoms with van der Waals surface area (Å²) in [6, 6.07) is 14.3. The Morgan fingerprint density at radius 3 is 2.21 bits per heavy atom. The van der Waals surface area contributed by atoms with Gasteiger partial charge in [-0.3, -0.25) is 14.4 Å². The summed E-state index contributed by atoms with van der Waals surface area (Å²) in [6.45, 7) is 9.40. The summed E-state index contributed by atoms with van der Waals surface area (Å²) in [5.74, 6) is -0.173. The number of Topliss-reactive ketones (excluding diaryl/α,β-unsaturated/α-hetero) is 1. The van der Waals surface area contributed by atoms with Gasteiger partial charge >= 0.3 is 0 Å². The van der Waals surface area contributed by atoms with Gasteiger partial charge < -0.3 is 10.6 Å². The molecule has 0 radical (unpaired) electrons. The third kappa shape index (κ3) is 7.74. The van der Waals surface area contributed by atoms with Gasteiger partial charge in [-0.25, -0.2) is 0 Å². The number of hydrogen-bond donors (Lipinski definition) is 2. The summed E-state index contributed by atoms with van der Waals surface area (Å²) in [4.78, 5) is 36.9. The highest BCUT2D eigenvalue weighted by atomic mass is 32.2. The van der Waals surface area contributed by atoms with E-state index >= 15 is 0 Å². The van der Waals surface area contributed by atoms with Crippen LogP contribution in [0.5, 0.6) is 0 Å². The second-order valence-corrected chi connectivity index (χ2v) is 9.61. The molecule has 1 atom stereocenters. The van der Waals surface area contributed by atoms with Gasteiger partial charge in [0, 0.05) is 28.3 Å². The average molecular weight is 413 g/mol. The number of amides is 2. The Morgan fingerprint density at radius 2 is 1.62 bits per heavy atom. The van der Waals surface area contributed by atoms with Gasteiger partial charge in [0.1, 0.15) is 0 Å². The summed E-state index contributed by atoms with van der Waals surface area (Å²) in [5.41, 5.74) is 1.90. The number of nitrogens with one attached hydrogen (secondary N) is 2. The molecule has 2 amide bonds. The minimum Gasteiger partial charge on any atom is -0.326 e. The van der Waals surface area contributed by atoms with E-state index in [9.17, 15) is 14.4 Å². The van der Waals surface area contributed by atoms with Crippen molar-refractivity contribution in [1.82, 2.24) is 0 Å². The summed E-state index contributed by atoms with van der Waals surface area (Å²) in [7, 11) is 0. The molecule has 0 aliphatic carbocycles. The Labute approximate surface area is 176 Å². The molecule has 0 aliphatic heterocycles. The van der Waals surface area contributed by atoms with Crippen LogP contribution >= 0.6 is 11.8 Å². The van der Waals surface area contributed by atoms with Crippen molar-refractivity contribution in [2.45, 2.75) is 51.2 Å². The lowest BCUT2D eigenvalue weighted by molar-refractivity contribution is -0.118. The van der Waals surface area contributed by atoms with Crippen molar-refractivity contribution in [2.75, 3.05) is 10.6 Å². The first kappa shape index (κ1) is 22.7. The van der Waals surface area contributed by atoms with Crippen molar-refractivity contribution in [1.29, 1.82) is 0 Å². The van der Waals surface area contributed by atoms with Gasteiger partial charge in [-0.1, -0.05) is 26.8 Å². The van der Waals surface area contributed by atoms with E-state index in [1.807, 2.05) is 52.0 Å². The molecule has 29 heavy (non-hydrogen) atoms. The minimum absolute atomic E-state index is 0.0127. The fourth-order valence-corrected chi connectivity index (χ4v) is 3.55. The lowest BCUT2D eigenvalue weighted by Crippen LogP contribution is -2.22. The molecular weight excluding hydrogens is 384 g/mol. The smallest absolute Gasteiger partial charge is 0.237 e. The van der Waals surface area contributed by atoms with Crippen LogP contribution in [0, 0.1) is 5.41 Å². The second-order valence-electron chi connectivity index (χ2n) is 8.20. The zero-order chi connectivity index (χ0) is 21.6. The molecular formula is C23H28N2O3S. The van der Waals surface area contributed by atoms with Crippen molar-refractivity contribution in [2.24, 2.45) is 5.41 Å². The lowest BCUT2D eigenvalue weighted by Gasteiger charge is -2.17. The van der Waals surface area contributed by atoms with E-state index < -0.39 is 0 Å². The van der Waals surface area contributed by atoms with Crippen molar-refractivity contribution in [3.8, 4) is 0 Å². The van der Waals surface area contributed by atoms with Crippen LogP contribution in [0.2, 0.25) is 0 Å². The molecule has 0 bridgehead atoms. The van der Waals surface area contributed by atoms with Crippen LogP contribution < -0.4 is 10.6 Å². The monoisotopic (exact) mass is 412 g/mol. The van der Waals surface area contributed by atoms with Crippen molar-refractivity contribution >= 4 is 40.7 Å². The van der Waals surface area contributed by atoms with E-state index in [0.29, 0.717) is 17.7 Å². The molecule has 0 heterocycles. The van der Waals surface area contributed by atoms with Crippen LogP contribution in [0.3, 0.4) is 0 Å². The molecule has 5 nitrogen and oxygen atoms in total. The number of ketones is 1. The largest absolute Gasteiger partial charge is 0.326 e. The summed E-state index contributed by atoms with van der Waals surface area (Å²) in [6.07, 6.45) is 0.436. The summed E-state index contributed by atoms with van der Waals surface area (Å²) >= 11 is 1.42. The third-order valence-corrected chi connectivity index (χ3v) is 5.14. The topological polar surface area (TPSA) is 75.3 Å². The second kappa shape index (κ2) is 9.74. The van der Waals surface area contributed by atoms with E-state index in [0.717, 1.165) is 10.6 Å². The van der Waals surface area contributed by atoms with Gasteiger partial charge in [0.2, 0.25) is 11.8 Å². The number of hydrogen-bond acceptors (Lipinski definition) is 4. The normalized spacial score (nSPS) is 12.2. The standard InChI is InChI=1S/C23H28N2O3S/c1-15(26)17-9-11-18(12-10-17)25-22(28)16(2)29-20-8-6-7-19(13-20)24-21(27)14-23(3,4)5/h6-13,16H,14H2,1-5H3,(H,24,27)(H,25,28). The molecule has 6 heteroatoms. The molecule has 0 saturated heterocycles. The third-order valence-electron chi connectivity index (χ3n) is 4.05.